The summed E-state index contributed by atoms with van der Waals surface area (Å²) in [5.74, 6) is -0.891. The van der Waals surface area contributed by atoms with E-state index in [2.05, 4.69) is 14.3 Å². The number of benzene rings is 1. The third kappa shape index (κ3) is 3.86. The van der Waals surface area contributed by atoms with Crippen molar-refractivity contribution in [2.24, 2.45) is 5.92 Å². The van der Waals surface area contributed by atoms with Gasteiger partial charge in [-0.05, 0) is 41.7 Å². The fourth-order valence-electron chi connectivity index (χ4n) is 3.33. The molecule has 4 rings (SSSR count). The van der Waals surface area contributed by atoms with Crippen LogP contribution >= 0.6 is 11.5 Å². The number of aliphatic hydroxyl groups is 1. The number of aliphatic hydroxyl groups excluding tert-OH is 1. The second-order valence-corrected chi connectivity index (χ2v) is 7.24. The van der Waals surface area contributed by atoms with E-state index in [-0.39, 0.29) is 23.9 Å². The third-order valence-electron chi connectivity index (χ3n) is 4.69. The zero-order chi connectivity index (χ0) is 18.8. The van der Waals surface area contributed by atoms with Gasteiger partial charge in [-0.3, -0.25) is 14.8 Å². The molecule has 1 fully saturated rings. The SMILES string of the molecule is O=C(c1cc(F)cc(-c2cnsc2)c1)N1C[C@@H](Cc2cnccn2)[C@H](O)C1. The van der Waals surface area contributed by atoms with Gasteiger partial charge in [-0.2, -0.15) is 0 Å². The molecule has 0 spiro atoms. The summed E-state index contributed by atoms with van der Waals surface area (Å²) in [6.45, 7) is 0.609. The van der Waals surface area contributed by atoms with Gasteiger partial charge in [-0.1, -0.05) is 0 Å². The zero-order valence-electron chi connectivity index (χ0n) is 14.3. The molecule has 2 aromatic heterocycles. The van der Waals surface area contributed by atoms with Gasteiger partial charge in [0, 0.05) is 60.3 Å². The second-order valence-electron chi connectivity index (χ2n) is 6.58. The van der Waals surface area contributed by atoms with Gasteiger partial charge >= 0.3 is 0 Å². The van der Waals surface area contributed by atoms with Crippen molar-refractivity contribution in [3.63, 3.8) is 0 Å². The number of rotatable bonds is 4. The molecule has 1 aromatic carbocycles. The molecular weight excluding hydrogens is 367 g/mol. The first-order valence-corrected chi connectivity index (χ1v) is 9.36. The minimum atomic E-state index is -0.648. The van der Waals surface area contributed by atoms with Crippen molar-refractivity contribution in [3.05, 3.63) is 65.4 Å². The van der Waals surface area contributed by atoms with Gasteiger partial charge in [-0.15, -0.1) is 0 Å². The first-order valence-electron chi connectivity index (χ1n) is 8.53. The molecule has 1 amide bonds. The average Bonchev–Trinajstić information content (AvgIpc) is 3.32. The number of hydrogen-bond donors (Lipinski definition) is 1. The topological polar surface area (TPSA) is 79.2 Å². The van der Waals surface area contributed by atoms with Crippen molar-refractivity contribution in [1.29, 1.82) is 0 Å². The summed E-state index contributed by atoms with van der Waals surface area (Å²) < 4.78 is 18.1. The van der Waals surface area contributed by atoms with Crippen molar-refractivity contribution in [2.45, 2.75) is 12.5 Å². The number of carbonyl (C=O) groups is 1. The number of carbonyl (C=O) groups excluding carboxylic acids is 1. The van der Waals surface area contributed by atoms with E-state index in [1.54, 1.807) is 41.1 Å². The smallest absolute Gasteiger partial charge is 0.254 e. The lowest BCUT2D eigenvalue weighted by molar-refractivity contribution is 0.0764. The predicted molar refractivity (Wildman–Crippen MR) is 98.6 cm³/mol. The molecule has 0 unspecified atom stereocenters. The molecule has 1 aliphatic heterocycles. The van der Waals surface area contributed by atoms with Gasteiger partial charge in [-0.25, -0.2) is 8.76 Å². The molecule has 0 bridgehead atoms. The van der Waals surface area contributed by atoms with E-state index in [9.17, 15) is 14.3 Å². The van der Waals surface area contributed by atoms with Gasteiger partial charge in [0.05, 0.1) is 11.8 Å². The van der Waals surface area contributed by atoms with E-state index < -0.39 is 11.9 Å². The quantitative estimate of drug-likeness (QED) is 0.747. The Balaban J connectivity index is 1.52. The Bertz CT molecular complexity index is 936. The molecule has 0 saturated carbocycles. The maximum atomic E-state index is 14.1. The Morgan fingerprint density at radius 3 is 2.85 bits per heavy atom. The van der Waals surface area contributed by atoms with Gasteiger partial charge in [0.1, 0.15) is 5.82 Å². The summed E-state index contributed by atoms with van der Waals surface area (Å²) in [7, 11) is 0. The van der Waals surface area contributed by atoms with Crippen molar-refractivity contribution in [1.82, 2.24) is 19.2 Å². The van der Waals surface area contributed by atoms with Crippen LogP contribution in [-0.2, 0) is 6.42 Å². The fraction of sp³-hybridized carbons (Fsp3) is 0.263. The predicted octanol–water partition coefficient (Wildman–Crippen LogP) is 2.41. The molecule has 8 heteroatoms. The van der Waals surface area contributed by atoms with Crippen LogP contribution in [0.15, 0.2) is 48.4 Å². The first kappa shape index (κ1) is 17.7. The number of β-amino-alcohol motifs (C(OH)–C–C–N with tert-alkyl or cyclic N) is 1. The largest absolute Gasteiger partial charge is 0.391 e. The maximum Gasteiger partial charge on any atom is 0.254 e. The Morgan fingerprint density at radius 2 is 2.11 bits per heavy atom. The summed E-state index contributed by atoms with van der Waals surface area (Å²) in [6, 6.07) is 4.28. The number of aromatic nitrogens is 3. The molecule has 1 saturated heterocycles. The lowest BCUT2D eigenvalue weighted by Gasteiger charge is -2.17. The van der Waals surface area contributed by atoms with E-state index in [4.69, 9.17) is 0 Å². The highest BCUT2D eigenvalue weighted by atomic mass is 32.1. The van der Waals surface area contributed by atoms with Crippen LogP contribution in [0.2, 0.25) is 0 Å². The number of amides is 1. The monoisotopic (exact) mass is 384 g/mol. The van der Waals surface area contributed by atoms with E-state index in [0.717, 1.165) is 11.3 Å². The van der Waals surface area contributed by atoms with Gasteiger partial charge < -0.3 is 10.0 Å². The highest BCUT2D eigenvalue weighted by molar-refractivity contribution is 7.03. The summed E-state index contributed by atoms with van der Waals surface area (Å²) in [4.78, 5) is 22.7. The first-order chi connectivity index (χ1) is 13.1. The van der Waals surface area contributed by atoms with Crippen LogP contribution in [0, 0.1) is 11.7 Å². The van der Waals surface area contributed by atoms with Crippen LogP contribution in [0.3, 0.4) is 0 Å². The zero-order valence-corrected chi connectivity index (χ0v) is 15.1. The average molecular weight is 384 g/mol. The minimum Gasteiger partial charge on any atom is -0.391 e. The molecule has 1 aliphatic rings. The van der Waals surface area contributed by atoms with E-state index in [1.165, 1.54) is 23.7 Å². The molecule has 0 aliphatic carbocycles. The Labute approximate surface area is 159 Å². The molecule has 27 heavy (non-hydrogen) atoms. The van der Waals surface area contributed by atoms with E-state index >= 15 is 0 Å². The van der Waals surface area contributed by atoms with E-state index in [0.29, 0.717) is 18.5 Å². The minimum absolute atomic E-state index is 0.125. The summed E-state index contributed by atoms with van der Waals surface area (Å²) in [5.41, 5.74) is 2.43. The summed E-state index contributed by atoms with van der Waals surface area (Å²) >= 11 is 1.27. The lowest BCUT2D eigenvalue weighted by atomic mass is 10.0. The van der Waals surface area contributed by atoms with Crippen LogP contribution in [0.25, 0.3) is 11.1 Å². The summed E-state index contributed by atoms with van der Waals surface area (Å²) in [6.07, 6.45) is 6.38. The maximum absolute atomic E-state index is 14.1. The van der Waals surface area contributed by atoms with Crippen molar-refractivity contribution in [2.75, 3.05) is 13.1 Å². The lowest BCUT2D eigenvalue weighted by Crippen LogP contribution is -2.29. The normalized spacial score (nSPS) is 19.4. The molecule has 6 nitrogen and oxygen atoms in total. The highest BCUT2D eigenvalue weighted by Crippen LogP contribution is 2.26. The van der Waals surface area contributed by atoms with Crippen LogP contribution in [-0.4, -0.2) is 49.4 Å². The van der Waals surface area contributed by atoms with E-state index in [1.807, 2.05) is 0 Å². The van der Waals surface area contributed by atoms with Crippen LogP contribution < -0.4 is 0 Å². The Hall–Kier alpha value is -2.71. The fourth-order valence-corrected chi connectivity index (χ4v) is 3.88. The standard InChI is InChI=1S/C19H17FN4O2S/c20-16-4-12(15-7-23-27-11-15)3-13(5-16)19(26)24-9-14(18(25)10-24)6-17-8-21-1-2-22-17/h1-5,7-8,11,14,18,25H,6,9-10H2/t14-,18-/m1/s1. The molecule has 3 heterocycles. The second kappa shape index (κ2) is 7.50. The van der Waals surface area contributed by atoms with Gasteiger partial charge in [0.15, 0.2) is 0 Å². The van der Waals surface area contributed by atoms with Crippen molar-refractivity contribution >= 4 is 17.4 Å². The molecule has 3 aromatic rings. The molecular formula is C19H17FN4O2S. The van der Waals surface area contributed by atoms with Crippen LogP contribution in [0.4, 0.5) is 4.39 Å². The molecule has 0 radical (unpaired) electrons. The number of nitrogens with zero attached hydrogens (tertiary/aromatic N) is 4. The molecule has 138 valence electrons. The number of likely N-dealkylation sites (tertiary alicyclic amines) is 1. The Morgan fingerprint density at radius 1 is 1.22 bits per heavy atom. The molecule has 2 atom stereocenters. The molecule has 1 N–H and O–H groups in total. The third-order valence-corrected chi connectivity index (χ3v) is 5.28. The van der Waals surface area contributed by atoms with Crippen LogP contribution in [0.5, 0.6) is 0 Å². The Kier molecular flexibility index (Phi) is 4.91. The van der Waals surface area contributed by atoms with Gasteiger partial charge in [0.2, 0.25) is 0 Å². The number of hydrogen-bond acceptors (Lipinski definition) is 6. The van der Waals surface area contributed by atoms with Gasteiger partial charge in [0.25, 0.3) is 5.91 Å². The number of halogens is 1. The highest BCUT2D eigenvalue weighted by Gasteiger charge is 2.34. The van der Waals surface area contributed by atoms with Crippen LogP contribution in [0.1, 0.15) is 16.1 Å². The van der Waals surface area contributed by atoms with Crippen molar-refractivity contribution < 1.29 is 14.3 Å². The van der Waals surface area contributed by atoms with Crippen molar-refractivity contribution in [3.8, 4) is 11.1 Å². The summed E-state index contributed by atoms with van der Waals surface area (Å²) in [5, 5.41) is 12.2.